The van der Waals surface area contributed by atoms with Gasteiger partial charge in [-0.3, -0.25) is 0 Å². The molecule has 2 aromatic rings. The molecule has 0 amide bonds. The molecule has 0 N–H and O–H groups in total. The number of rotatable bonds is 2. The number of hydrogen-bond acceptors (Lipinski definition) is 4. The van der Waals surface area contributed by atoms with Crippen LogP contribution in [0.2, 0.25) is 0 Å². The Hall–Kier alpha value is -1.36. The van der Waals surface area contributed by atoms with Crippen molar-refractivity contribution >= 4 is 11.8 Å². The Morgan fingerprint density at radius 2 is 2.00 bits per heavy atom. The summed E-state index contributed by atoms with van der Waals surface area (Å²) in [5.41, 5.74) is 0.983. The average Bonchev–Trinajstić information content (AvgIpc) is 2.67. The first-order valence-electron chi connectivity index (χ1n) is 3.79. The predicted octanol–water partition coefficient (Wildman–Crippen LogP) is 1.38. The molecule has 0 atom stereocenters. The van der Waals surface area contributed by atoms with Crippen LogP contribution in [0.25, 0.3) is 5.69 Å². The minimum Gasteiger partial charge on any atom is -0.188 e. The molecular weight excluding hydrogens is 184 g/mol. The first-order chi connectivity index (χ1) is 6.42. The Morgan fingerprint density at radius 1 is 1.23 bits per heavy atom. The molecule has 0 unspecified atom stereocenters. The van der Waals surface area contributed by atoms with Crippen LogP contribution in [0.1, 0.15) is 0 Å². The normalized spacial score (nSPS) is 10.2. The van der Waals surface area contributed by atoms with Crippen LogP contribution in [-0.4, -0.2) is 26.5 Å². The van der Waals surface area contributed by atoms with Crippen LogP contribution in [-0.2, 0) is 0 Å². The van der Waals surface area contributed by atoms with Crippen LogP contribution in [0.4, 0.5) is 0 Å². The summed E-state index contributed by atoms with van der Waals surface area (Å²) >= 11 is 1.52. The monoisotopic (exact) mass is 192 g/mol. The number of nitrogens with zero attached hydrogens (tertiary/aromatic N) is 4. The maximum atomic E-state index is 3.89. The SMILES string of the molecule is CSc1nnnn1-c1ccccc1. The largest absolute Gasteiger partial charge is 0.213 e. The molecule has 66 valence electrons. The molecule has 1 aromatic heterocycles. The topological polar surface area (TPSA) is 43.6 Å². The van der Waals surface area contributed by atoms with E-state index >= 15 is 0 Å². The van der Waals surface area contributed by atoms with Crippen molar-refractivity contribution in [3.63, 3.8) is 0 Å². The van der Waals surface area contributed by atoms with Gasteiger partial charge < -0.3 is 0 Å². The molecule has 0 fully saturated rings. The van der Waals surface area contributed by atoms with Crippen molar-refractivity contribution in [2.45, 2.75) is 5.16 Å². The number of hydrogen-bond donors (Lipinski definition) is 0. The molecule has 1 heterocycles. The highest BCUT2D eigenvalue weighted by Gasteiger charge is 2.04. The maximum Gasteiger partial charge on any atom is 0.213 e. The minimum absolute atomic E-state index is 0.797. The van der Waals surface area contributed by atoms with Crippen molar-refractivity contribution in [1.29, 1.82) is 0 Å². The summed E-state index contributed by atoms with van der Waals surface area (Å²) in [6, 6.07) is 9.82. The highest BCUT2D eigenvalue weighted by Crippen LogP contribution is 2.14. The Kier molecular flexibility index (Phi) is 2.27. The third kappa shape index (κ3) is 1.55. The van der Waals surface area contributed by atoms with Crippen molar-refractivity contribution < 1.29 is 0 Å². The van der Waals surface area contributed by atoms with Gasteiger partial charge in [0.05, 0.1) is 5.69 Å². The molecule has 1 aromatic carbocycles. The van der Waals surface area contributed by atoms with Crippen LogP contribution in [0, 0.1) is 0 Å². The maximum absolute atomic E-state index is 3.89. The van der Waals surface area contributed by atoms with Gasteiger partial charge in [-0.25, -0.2) is 0 Å². The second-order valence-electron chi connectivity index (χ2n) is 2.41. The highest BCUT2D eigenvalue weighted by molar-refractivity contribution is 7.98. The van der Waals surface area contributed by atoms with Gasteiger partial charge in [0.25, 0.3) is 0 Å². The zero-order chi connectivity index (χ0) is 9.10. The van der Waals surface area contributed by atoms with Crippen molar-refractivity contribution in [2.24, 2.45) is 0 Å². The zero-order valence-corrected chi connectivity index (χ0v) is 7.90. The molecular formula is C8H8N4S. The summed E-state index contributed by atoms with van der Waals surface area (Å²) in [5.74, 6) is 0. The number of aromatic nitrogens is 4. The summed E-state index contributed by atoms with van der Waals surface area (Å²) in [6.45, 7) is 0. The van der Waals surface area contributed by atoms with E-state index < -0.39 is 0 Å². The van der Waals surface area contributed by atoms with Gasteiger partial charge in [-0.15, -0.1) is 5.10 Å². The summed E-state index contributed by atoms with van der Waals surface area (Å²) in [7, 11) is 0. The molecule has 0 saturated carbocycles. The Bertz CT molecular complexity index is 384. The third-order valence-corrected chi connectivity index (χ3v) is 2.24. The van der Waals surface area contributed by atoms with Gasteiger partial charge in [-0.05, 0) is 28.8 Å². The Morgan fingerprint density at radius 3 is 2.69 bits per heavy atom. The fourth-order valence-electron chi connectivity index (χ4n) is 1.04. The summed E-state index contributed by atoms with van der Waals surface area (Å²) in [6.07, 6.45) is 1.95. The van der Waals surface area contributed by atoms with Crippen LogP contribution in [0.15, 0.2) is 35.5 Å². The van der Waals surface area contributed by atoms with E-state index in [2.05, 4.69) is 15.5 Å². The van der Waals surface area contributed by atoms with Gasteiger partial charge in [-0.1, -0.05) is 30.0 Å². The van der Waals surface area contributed by atoms with Crippen molar-refractivity contribution in [1.82, 2.24) is 20.2 Å². The Balaban J connectivity index is 2.47. The van der Waals surface area contributed by atoms with E-state index in [0.717, 1.165) is 10.8 Å². The number of tetrazole rings is 1. The van der Waals surface area contributed by atoms with Gasteiger partial charge in [0.1, 0.15) is 0 Å². The lowest BCUT2D eigenvalue weighted by molar-refractivity contribution is 0.757. The van der Waals surface area contributed by atoms with E-state index in [9.17, 15) is 0 Å². The minimum atomic E-state index is 0.797. The molecule has 2 rings (SSSR count). The number of benzene rings is 1. The zero-order valence-electron chi connectivity index (χ0n) is 7.08. The standard InChI is InChI=1S/C8H8N4S/c1-13-8-9-10-11-12(8)7-5-3-2-4-6-7/h2-6H,1H3. The van der Waals surface area contributed by atoms with Crippen LogP contribution in [0.3, 0.4) is 0 Å². The molecule has 0 spiro atoms. The quantitative estimate of drug-likeness (QED) is 0.674. The first-order valence-corrected chi connectivity index (χ1v) is 5.02. The van der Waals surface area contributed by atoms with E-state index in [4.69, 9.17) is 0 Å². The van der Waals surface area contributed by atoms with Gasteiger partial charge in [0.2, 0.25) is 5.16 Å². The lowest BCUT2D eigenvalue weighted by Gasteiger charge is -2.00. The highest BCUT2D eigenvalue weighted by atomic mass is 32.2. The van der Waals surface area contributed by atoms with Gasteiger partial charge in [0, 0.05) is 0 Å². The summed E-state index contributed by atoms with van der Waals surface area (Å²) in [4.78, 5) is 0. The smallest absolute Gasteiger partial charge is 0.188 e. The fourth-order valence-corrected chi connectivity index (χ4v) is 1.47. The summed E-state index contributed by atoms with van der Waals surface area (Å²) in [5, 5.41) is 12.2. The van der Waals surface area contributed by atoms with Crippen LogP contribution < -0.4 is 0 Å². The molecule has 0 aliphatic heterocycles. The first kappa shape index (κ1) is 8.25. The second-order valence-corrected chi connectivity index (χ2v) is 3.19. The second kappa shape index (κ2) is 3.57. The van der Waals surface area contributed by atoms with Crippen molar-refractivity contribution in [3.05, 3.63) is 30.3 Å². The van der Waals surface area contributed by atoms with Crippen molar-refractivity contribution in [2.75, 3.05) is 6.26 Å². The third-order valence-electron chi connectivity index (χ3n) is 1.62. The van der Waals surface area contributed by atoms with E-state index in [0.29, 0.717) is 0 Å². The lowest BCUT2D eigenvalue weighted by atomic mass is 10.3. The van der Waals surface area contributed by atoms with Crippen LogP contribution >= 0.6 is 11.8 Å². The summed E-state index contributed by atoms with van der Waals surface area (Å²) < 4.78 is 1.71. The lowest BCUT2D eigenvalue weighted by Crippen LogP contribution is -1.97. The molecule has 0 aliphatic carbocycles. The van der Waals surface area contributed by atoms with Gasteiger partial charge in [-0.2, -0.15) is 4.68 Å². The molecule has 5 heteroatoms. The molecule has 0 bridgehead atoms. The van der Waals surface area contributed by atoms with Crippen molar-refractivity contribution in [3.8, 4) is 5.69 Å². The average molecular weight is 192 g/mol. The number of thioether (sulfide) groups is 1. The van der Waals surface area contributed by atoms with E-state index in [-0.39, 0.29) is 0 Å². The molecule has 0 radical (unpaired) electrons. The molecule has 0 saturated heterocycles. The molecule has 4 nitrogen and oxygen atoms in total. The van der Waals surface area contributed by atoms with E-state index in [1.165, 1.54) is 11.8 Å². The fraction of sp³-hybridized carbons (Fsp3) is 0.125. The predicted molar refractivity (Wildman–Crippen MR) is 50.9 cm³/mol. The molecule has 0 aliphatic rings. The molecule has 13 heavy (non-hydrogen) atoms. The van der Waals surface area contributed by atoms with Gasteiger partial charge >= 0.3 is 0 Å². The van der Waals surface area contributed by atoms with E-state index in [1.807, 2.05) is 36.6 Å². The Labute approximate surface area is 80.0 Å². The van der Waals surface area contributed by atoms with Gasteiger partial charge in [0.15, 0.2) is 0 Å². The van der Waals surface area contributed by atoms with E-state index in [1.54, 1.807) is 4.68 Å². The van der Waals surface area contributed by atoms with Crippen LogP contribution in [0.5, 0.6) is 0 Å². The number of para-hydroxylation sites is 1.